The van der Waals surface area contributed by atoms with Crippen molar-refractivity contribution in [3.8, 4) is 0 Å². The van der Waals surface area contributed by atoms with Crippen molar-refractivity contribution in [2.75, 3.05) is 39.3 Å². The lowest BCUT2D eigenvalue weighted by atomic mass is 10.5. The normalized spacial score (nSPS) is 10.0. The van der Waals surface area contributed by atoms with Crippen molar-refractivity contribution in [1.29, 1.82) is 0 Å². The Hall–Kier alpha value is -0.260. The molecule has 0 aliphatic heterocycles. The lowest BCUT2D eigenvalue weighted by Gasteiger charge is -2.04. The fourth-order valence-corrected chi connectivity index (χ4v) is 0.728. The number of carbonyl (C=O) groups excluding carboxylic acids is 1. The Morgan fingerprint density at radius 3 is 2.62 bits per heavy atom. The summed E-state index contributed by atoms with van der Waals surface area (Å²) in [6.07, 6.45) is 0.712. The van der Waals surface area contributed by atoms with Gasteiger partial charge >= 0.3 is 5.97 Å². The molecular formula is C8H16O4S. The smallest absolute Gasteiger partial charge is 0.315 e. The van der Waals surface area contributed by atoms with E-state index >= 15 is 0 Å². The number of ether oxygens (including phenoxy) is 3. The van der Waals surface area contributed by atoms with E-state index in [2.05, 4.69) is 12.6 Å². The van der Waals surface area contributed by atoms with E-state index in [4.69, 9.17) is 14.2 Å². The molecule has 0 rings (SSSR count). The zero-order chi connectivity index (χ0) is 9.94. The first-order chi connectivity index (χ1) is 6.31. The molecule has 0 atom stereocenters. The van der Waals surface area contributed by atoms with Crippen LogP contribution in [0.3, 0.4) is 0 Å². The zero-order valence-electron chi connectivity index (χ0n) is 7.82. The maximum atomic E-state index is 10.6. The first-order valence-corrected chi connectivity index (χ1v) is 4.77. The highest BCUT2D eigenvalue weighted by Gasteiger charge is 1.97. The molecule has 0 bridgehead atoms. The molecule has 0 aromatic rings. The minimum atomic E-state index is -0.291. The lowest BCUT2D eigenvalue weighted by molar-refractivity contribution is -0.140. The average molecular weight is 208 g/mol. The molecule has 0 radical (unpaired) electrons. The molecule has 0 aliphatic rings. The Bertz CT molecular complexity index is 129. The molecule has 0 aromatic carbocycles. The van der Waals surface area contributed by atoms with E-state index < -0.39 is 0 Å². The molecule has 0 aromatic heterocycles. The lowest BCUT2D eigenvalue weighted by Crippen LogP contribution is -2.10. The van der Waals surface area contributed by atoms with E-state index in [1.54, 1.807) is 7.11 Å². The van der Waals surface area contributed by atoms with E-state index in [1.807, 2.05) is 0 Å². The molecule has 0 amide bonds. The minimum Gasteiger partial charge on any atom is -0.465 e. The van der Waals surface area contributed by atoms with Crippen molar-refractivity contribution in [2.45, 2.75) is 6.42 Å². The maximum Gasteiger partial charge on any atom is 0.315 e. The Balaban J connectivity index is 2.95. The summed E-state index contributed by atoms with van der Waals surface area (Å²) in [7, 11) is 1.62. The predicted molar refractivity (Wildman–Crippen MR) is 52.1 cm³/mol. The van der Waals surface area contributed by atoms with Crippen molar-refractivity contribution in [2.24, 2.45) is 0 Å². The van der Waals surface area contributed by atoms with Crippen LogP contribution in [0.25, 0.3) is 0 Å². The number of carbonyl (C=O) groups is 1. The summed E-state index contributed by atoms with van der Waals surface area (Å²) in [4.78, 5) is 10.6. The third-order valence-corrected chi connectivity index (χ3v) is 1.52. The number of esters is 1. The molecule has 0 aliphatic carbocycles. The predicted octanol–water partition coefficient (Wildman–Crippen LogP) is 0.512. The van der Waals surface area contributed by atoms with E-state index in [0.29, 0.717) is 32.8 Å². The SMILES string of the molecule is COCCOCCCOC(=O)CS. The molecule has 5 heteroatoms. The van der Waals surface area contributed by atoms with Gasteiger partial charge in [-0.25, -0.2) is 0 Å². The van der Waals surface area contributed by atoms with Crippen molar-refractivity contribution >= 4 is 18.6 Å². The Labute approximate surface area is 84.0 Å². The van der Waals surface area contributed by atoms with E-state index in [0.717, 1.165) is 0 Å². The van der Waals surface area contributed by atoms with Gasteiger partial charge in [-0.15, -0.1) is 0 Å². The first kappa shape index (κ1) is 12.7. The molecule has 0 spiro atoms. The van der Waals surface area contributed by atoms with Crippen molar-refractivity contribution in [3.05, 3.63) is 0 Å². The third-order valence-electron chi connectivity index (χ3n) is 1.26. The summed E-state index contributed by atoms with van der Waals surface area (Å²) in [6, 6.07) is 0. The highest BCUT2D eigenvalue weighted by Crippen LogP contribution is 1.88. The van der Waals surface area contributed by atoms with Gasteiger partial charge in [0, 0.05) is 20.1 Å². The molecule has 0 saturated heterocycles. The van der Waals surface area contributed by atoms with E-state index in [9.17, 15) is 4.79 Å². The van der Waals surface area contributed by atoms with E-state index in [-0.39, 0.29) is 11.7 Å². The molecule has 0 unspecified atom stereocenters. The van der Waals surface area contributed by atoms with Gasteiger partial charge in [-0.1, -0.05) is 0 Å². The largest absolute Gasteiger partial charge is 0.465 e. The quantitative estimate of drug-likeness (QED) is 0.359. The van der Waals surface area contributed by atoms with Crippen LogP contribution in [-0.2, 0) is 19.0 Å². The molecule has 0 saturated carbocycles. The summed E-state index contributed by atoms with van der Waals surface area (Å²) in [5.41, 5.74) is 0. The molecule has 78 valence electrons. The Morgan fingerprint density at radius 2 is 2.00 bits per heavy atom. The maximum absolute atomic E-state index is 10.6. The monoisotopic (exact) mass is 208 g/mol. The third kappa shape index (κ3) is 9.66. The topological polar surface area (TPSA) is 44.8 Å². The molecular weight excluding hydrogens is 192 g/mol. The van der Waals surface area contributed by atoms with Crippen LogP contribution in [0.15, 0.2) is 0 Å². The molecule has 0 heterocycles. The van der Waals surface area contributed by atoms with Gasteiger partial charge in [0.2, 0.25) is 0 Å². The van der Waals surface area contributed by atoms with Crippen LogP contribution >= 0.6 is 12.6 Å². The van der Waals surface area contributed by atoms with E-state index in [1.165, 1.54) is 0 Å². The number of thiol groups is 1. The van der Waals surface area contributed by atoms with Crippen LogP contribution in [0.4, 0.5) is 0 Å². The number of rotatable bonds is 8. The summed E-state index contributed by atoms with van der Waals surface area (Å²) in [6.45, 7) is 2.16. The Morgan fingerprint density at radius 1 is 1.23 bits per heavy atom. The summed E-state index contributed by atoms with van der Waals surface area (Å²) >= 11 is 3.76. The van der Waals surface area contributed by atoms with Gasteiger partial charge in [0.05, 0.1) is 25.6 Å². The molecule has 0 fully saturated rings. The minimum absolute atomic E-state index is 0.129. The van der Waals surface area contributed by atoms with Gasteiger partial charge in [-0.05, 0) is 0 Å². The van der Waals surface area contributed by atoms with Gasteiger partial charge in [0.1, 0.15) is 0 Å². The number of hydrogen-bond acceptors (Lipinski definition) is 5. The van der Waals surface area contributed by atoms with Gasteiger partial charge < -0.3 is 14.2 Å². The van der Waals surface area contributed by atoms with Crippen LogP contribution < -0.4 is 0 Å². The highest BCUT2D eigenvalue weighted by molar-refractivity contribution is 7.81. The second-order valence-corrected chi connectivity index (χ2v) is 2.65. The van der Waals surface area contributed by atoms with Crippen molar-refractivity contribution in [1.82, 2.24) is 0 Å². The number of methoxy groups -OCH3 is 1. The van der Waals surface area contributed by atoms with Crippen LogP contribution in [0, 0.1) is 0 Å². The fourth-order valence-electron chi connectivity index (χ4n) is 0.637. The summed E-state index contributed by atoms with van der Waals surface area (Å²) < 4.78 is 14.7. The first-order valence-electron chi connectivity index (χ1n) is 4.14. The summed E-state index contributed by atoms with van der Waals surface area (Å²) in [5.74, 6) is -0.162. The van der Waals surface area contributed by atoms with Crippen LogP contribution in [-0.4, -0.2) is 45.3 Å². The zero-order valence-corrected chi connectivity index (χ0v) is 8.72. The van der Waals surface area contributed by atoms with Crippen LogP contribution in [0.2, 0.25) is 0 Å². The second kappa shape index (κ2) is 9.83. The molecule has 0 N–H and O–H groups in total. The average Bonchev–Trinajstić information content (AvgIpc) is 2.16. The van der Waals surface area contributed by atoms with Crippen molar-refractivity contribution < 1.29 is 19.0 Å². The van der Waals surface area contributed by atoms with Gasteiger partial charge in [-0.3, -0.25) is 4.79 Å². The van der Waals surface area contributed by atoms with Gasteiger partial charge in [0.15, 0.2) is 0 Å². The molecule has 13 heavy (non-hydrogen) atoms. The standard InChI is InChI=1S/C8H16O4S/c1-10-5-6-11-3-2-4-12-8(9)7-13/h13H,2-7H2,1H3. The number of hydrogen-bond donors (Lipinski definition) is 1. The Kier molecular flexibility index (Phi) is 9.63. The van der Waals surface area contributed by atoms with Crippen LogP contribution in [0.5, 0.6) is 0 Å². The highest BCUT2D eigenvalue weighted by atomic mass is 32.1. The second-order valence-electron chi connectivity index (χ2n) is 2.34. The van der Waals surface area contributed by atoms with Crippen LogP contribution in [0.1, 0.15) is 6.42 Å². The molecule has 4 nitrogen and oxygen atoms in total. The van der Waals surface area contributed by atoms with Gasteiger partial charge in [0.25, 0.3) is 0 Å². The summed E-state index contributed by atoms with van der Waals surface area (Å²) in [5, 5.41) is 0. The van der Waals surface area contributed by atoms with Crippen molar-refractivity contribution in [3.63, 3.8) is 0 Å². The van der Waals surface area contributed by atoms with Gasteiger partial charge in [-0.2, -0.15) is 12.6 Å². The fraction of sp³-hybridized carbons (Fsp3) is 0.875.